The van der Waals surface area contributed by atoms with Gasteiger partial charge in [0, 0.05) is 22.4 Å². The molecule has 0 amide bonds. The van der Waals surface area contributed by atoms with E-state index in [1.807, 2.05) is 0 Å². The van der Waals surface area contributed by atoms with Gasteiger partial charge in [-0.3, -0.25) is 0 Å². The van der Waals surface area contributed by atoms with Gasteiger partial charge >= 0.3 is 0 Å². The molecule has 284 valence electrons. The Hall–Kier alpha value is -7.22. The summed E-state index contributed by atoms with van der Waals surface area (Å²) in [6, 6.07) is 77.3. The predicted molar refractivity (Wildman–Crippen MR) is 251 cm³/mol. The minimum absolute atomic E-state index is 0.132. The Morgan fingerprint density at radius 2 is 0.833 bits per heavy atom. The molecule has 0 heterocycles. The second kappa shape index (κ2) is 12.9. The second-order valence-corrected chi connectivity index (χ2v) is 17.3. The van der Waals surface area contributed by atoms with Gasteiger partial charge < -0.3 is 4.90 Å². The van der Waals surface area contributed by atoms with Gasteiger partial charge in [-0.15, -0.1) is 0 Å². The molecule has 3 aliphatic rings. The fraction of sp³-hybridized carbons (Fsp3) is 0.0847. The van der Waals surface area contributed by atoms with Crippen molar-refractivity contribution in [2.24, 2.45) is 0 Å². The number of anilines is 3. The second-order valence-electron chi connectivity index (χ2n) is 17.3. The largest absolute Gasteiger partial charge is 0.310 e. The lowest BCUT2D eigenvalue weighted by Gasteiger charge is -2.31. The van der Waals surface area contributed by atoms with Crippen LogP contribution in [0.4, 0.5) is 17.1 Å². The van der Waals surface area contributed by atoms with Gasteiger partial charge in [0.15, 0.2) is 0 Å². The van der Waals surface area contributed by atoms with Crippen LogP contribution in [0.5, 0.6) is 0 Å². The van der Waals surface area contributed by atoms with Crippen LogP contribution in [-0.2, 0) is 10.8 Å². The highest BCUT2D eigenvalue weighted by Crippen LogP contribution is 2.64. The van der Waals surface area contributed by atoms with Crippen molar-refractivity contribution >= 4 is 17.1 Å². The highest BCUT2D eigenvalue weighted by Gasteiger charge is 2.52. The average Bonchev–Trinajstić information content (AvgIpc) is 3.86. The maximum absolute atomic E-state index is 2.50. The number of aryl methyl sites for hydroxylation is 1. The Balaban J connectivity index is 1.11. The fourth-order valence-electron chi connectivity index (χ4n) is 11.1. The maximum Gasteiger partial charge on any atom is 0.0725 e. The standard InChI is InChI=1S/C59H43N/c1-38-28-35-56(60(41-31-29-40(30-32-41)39-16-5-4-6-17-39)42-33-34-46-43-18-7-11-23-50(43)58(2,3)55(46)37-42)49(36-38)47-22-15-27-54-57(47)48-21-10-14-26-53(48)59(54)51-24-12-8-19-44(51)45-20-9-13-25-52(45)59/h4-37H,1-3H3. The van der Waals surface area contributed by atoms with Crippen molar-refractivity contribution in [1.82, 2.24) is 0 Å². The molecule has 0 saturated carbocycles. The molecular formula is C59H43N. The molecule has 9 aromatic rings. The van der Waals surface area contributed by atoms with Crippen molar-refractivity contribution in [3.63, 3.8) is 0 Å². The molecule has 60 heavy (non-hydrogen) atoms. The van der Waals surface area contributed by atoms with Crippen LogP contribution in [0.2, 0.25) is 0 Å². The van der Waals surface area contributed by atoms with Gasteiger partial charge in [0.05, 0.1) is 11.1 Å². The van der Waals surface area contributed by atoms with Gasteiger partial charge in [-0.1, -0.05) is 189 Å². The summed E-state index contributed by atoms with van der Waals surface area (Å²) >= 11 is 0. The number of hydrogen-bond acceptors (Lipinski definition) is 1. The summed E-state index contributed by atoms with van der Waals surface area (Å²) in [5.41, 5.74) is 25.1. The Morgan fingerprint density at radius 3 is 1.52 bits per heavy atom. The molecule has 0 aromatic heterocycles. The van der Waals surface area contributed by atoms with E-state index in [1.165, 1.54) is 94.6 Å². The van der Waals surface area contributed by atoms with E-state index in [1.54, 1.807) is 0 Å². The molecule has 9 aromatic carbocycles. The molecule has 0 saturated heterocycles. The Kier molecular flexibility index (Phi) is 7.47. The van der Waals surface area contributed by atoms with Crippen molar-refractivity contribution in [2.45, 2.75) is 31.6 Å². The molecule has 0 aliphatic heterocycles. The monoisotopic (exact) mass is 765 g/mol. The van der Waals surface area contributed by atoms with E-state index in [0.29, 0.717) is 0 Å². The predicted octanol–water partition coefficient (Wildman–Crippen LogP) is 15.4. The summed E-state index contributed by atoms with van der Waals surface area (Å²) in [5, 5.41) is 0. The van der Waals surface area contributed by atoms with Crippen molar-refractivity contribution in [3.05, 3.63) is 245 Å². The maximum atomic E-state index is 2.50. The van der Waals surface area contributed by atoms with E-state index >= 15 is 0 Å². The summed E-state index contributed by atoms with van der Waals surface area (Å²) in [6.45, 7) is 6.97. The smallest absolute Gasteiger partial charge is 0.0725 e. The van der Waals surface area contributed by atoms with E-state index in [-0.39, 0.29) is 5.41 Å². The van der Waals surface area contributed by atoms with Gasteiger partial charge in [0.1, 0.15) is 0 Å². The molecular weight excluding hydrogens is 723 g/mol. The molecule has 0 radical (unpaired) electrons. The summed E-state index contributed by atoms with van der Waals surface area (Å²) in [5.74, 6) is 0. The third-order valence-electron chi connectivity index (χ3n) is 13.8. The summed E-state index contributed by atoms with van der Waals surface area (Å²) < 4.78 is 0. The number of nitrogens with zero attached hydrogens (tertiary/aromatic N) is 1. The Bertz CT molecular complexity index is 3140. The first-order valence-corrected chi connectivity index (χ1v) is 21.2. The normalized spacial score (nSPS) is 14.2. The third kappa shape index (κ3) is 4.75. The van der Waals surface area contributed by atoms with Crippen LogP contribution in [-0.4, -0.2) is 0 Å². The molecule has 0 unspecified atom stereocenters. The molecule has 12 rings (SSSR count). The van der Waals surface area contributed by atoms with E-state index < -0.39 is 5.41 Å². The molecule has 3 aliphatic carbocycles. The highest BCUT2D eigenvalue weighted by molar-refractivity contribution is 6.03. The minimum Gasteiger partial charge on any atom is -0.310 e. The van der Waals surface area contributed by atoms with E-state index in [2.05, 4.69) is 232 Å². The lowest BCUT2D eigenvalue weighted by atomic mass is 9.70. The van der Waals surface area contributed by atoms with Gasteiger partial charge in [-0.2, -0.15) is 0 Å². The van der Waals surface area contributed by atoms with Crippen molar-refractivity contribution < 1.29 is 0 Å². The van der Waals surface area contributed by atoms with E-state index in [9.17, 15) is 0 Å². The third-order valence-corrected chi connectivity index (χ3v) is 13.8. The molecule has 0 atom stereocenters. The first-order chi connectivity index (χ1) is 29.4. The summed E-state index contributed by atoms with van der Waals surface area (Å²) in [7, 11) is 0. The summed E-state index contributed by atoms with van der Waals surface area (Å²) in [4.78, 5) is 2.50. The SMILES string of the molecule is Cc1ccc(N(c2ccc(-c3ccccc3)cc2)c2ccc3c(c2)C(C)(C)c2ccccc2-3)c(-c2cccc3c2-c2ccccc2C32c3ccccc3-c3ccccc32)c1. The zero-order valence-corrected chi connectivity index (χ0v) is 34.1. The van der Waals surface area contributed by atoms with Crippen LogP contribution < -0.4 is 4.90 Å². The molecule has 0 N–H and O–H groups in total. The van der Waals surface area contributed by atoms with Crippen LogP contribution in [0.25, 0.3) is 55.6 Å². The number of hydrogen-bond donors (Lipinski definition) is 0. The zero-order valence-electron chi connectivity index (χ0n) is 34.1. The van der Waals surface area contributed by atoms with E-state index in [0.717, 1.165) is 17.1 Å². The van der Waals surface area contributed by atoms with Crippen LogP contribution >= 0.6 is 0 Å². The minimum atomic E-state index is -0.410. The topological polar surface area (TPSA) is 3.24 Å². The molecule has 0 bridgehead atoms. The van der Waals surface area contributed by atoms with E-state index in [4.69, 9.17) is 0 Å². The van der Waals surface area contributed by atoms with Crippen LogP contribution in [0.15, 0.2) is 206 Å². The van der Waals surface area contributed by atoms with Gasteiger partial charge in [-0.25, -0.2) is 0 Å². The van der Waals surface area contributed by atoms with Gasteiger partial charge in [0.25, 0.3) is 0 Å². The Labute approximate surface area is 352 Å². The van der Waals surface area contributed by atoms with Crippen molar-refractivity contribution in [2.75, 3.05) is 4.90 Å². The van der Waals surface area contributed by atoms with Crippen molar-refractivity contribution in [3.8, 4) is 55.6 Å². The molecule has 1 spiro atoms. The van der Waals surface area contributed by atoms with Crippen LogP contribution in [0.1, 0.15) is 52.8 Å². The quantitative estimate of drug-likeness (QED) is 0.169. The van der Waals surface area contributed by atoms with Crippen molar-refractivity contribution in [1.29, 1.82) is 0 Å². The van der Waals surface area contributed by atoms with Crippen LogP contribution in [0.3, 0.4) is 0 Å². The van der Waals surface area contributed by atoms with Crippen LogP contribution in [0, 0.1) is 6.92 Å². The number of benzene rings is 9. The number of fused-ring (bicyclic) bond motifs is 13. The lowest BCUT2D eigenvalue weighted by Crippen LogP contribution is -2.25. The zero-order chi connectivity index (χ0) is 40.2. The number of rotatable bonds is 5. The molecule has 1 nitrogen and oxygen atoms in total. The molecule has 1 heteroatoms. The first kappa shape index (κ1) is 34.8. The first-order valence-electron chi connectivity index (χ1n) is 21.2. The summed E-state index contributed by atoms with van der Waals surface area (Å²) in [6.07, 6.45) is 0. The highest BCUT2D eigenvalue weighted by atomic mass is 15.1. The van der Waals surface area contributed by atoms with Gasteiger partial charge in [-0.05, 0) is 127 Å². The fourth-order valence-corrected chi connectivity index (χ4v) is 11.1. The molecule has 0 fully saturated rings. The average molecular weight is 766 g/mol. The van der Waals surface area contributed by atoms with Gasteiger partial charge in [0.2, 0.25) is 0 Å². The lowest BCUT2D eigenvalue weighted by molar-refractivity contribution is 0.660. The Morgan fingerprint density at radius 1 is 0.333 bits per heavy atom.